The number of nitrogens with zero attached hydrogens (tertiary/aromatic N) is 1. The monoisotopic (exact) mass is 300 g/mol. The number of morpholine rings is 1. The lowest BCUT2D eigenvalue weighted by molar-refractivity contribution is -0.133. The summed E-state index contributed by atoms with van der Waals surface area (Å²) in [6.45, 7) is 7.92. The molecule has 0 bridgehead atoms. The second-order valence-electron chi connectivity index (χ2n) is 7.10. The molecule has 0 aromatic carbocycles. The van der Waals surface area contributed by atoms with Gasteiger partial charge in [-0.15, -0.1) is 0 Å². The first-order valence-corrected chi connectivity index (χ1v) is 7.78. The number of carbonyl (C=O) groups excluding carboxylic acids is 1. The number of ether oxygens (including phenoxy) is 2. The second-order valence-corrected chi connectivity index (χ2v) is 7.10. The number of hydrogen-bond acceptors (Lipinski definition) is 5. The van der Waals surface area contributed by atoms with Crippen molar-refractivity contribution in [3.8, 4) is 0 Å². The van der Waals surface area contributed by atoms with Crippen LogP contribution in [0.15, 0.2) is 0 Å². The summed E-state index contributed by atoms with van der Waals surface area (Å²) in [7, 11) is 0. The maximum absolute atomic E-state index is 11.8. The van der Waals surface area contributed by atoms with Gasteiger partial charge in [0.1, 0.15) is 5.60 Å². The zero-order valence-electron chi connectivity index (χ0n) is 13.4. The maximum atomic E-state index is 11.8. The van der Waals surface area contributed by atoms with E-state index in [2.05, 4.69) is 10.2 Å². The molecule has 1 amide bonds. The normalized spacial score (nSPS) is 30.6. The lowest BCUT2D eigenvalue weighted by Gasteiger charge is -2.52. The second kappa shape index (κ2) is 6.50. The predicted octanol–water partition coefficient (Wildman–Crippen LogP) is 1.13. The summed E-state index contributed by atoms with van der Waals surface area (Å²) >= 11 is 0. The van der Waals surface area contributed by atoms with Crippen LogP contribution in [0.25, 0.3) is 0 Å². The molecule has 0 radical (unpaired) electrons. The standard InChI is InChI=1S/C15H28N2O4/c1-14(2,3)21-13(19)16-9-15(10-18)11-20-8-12-6-4-5-7-17(12)15/h12,18H,4-11H2,1-3H3,(H,16,19). The highest BCUT2D eigenvalue weighted by atomic mass is 16.6. The van der Waals surface area contributed by atoms with Crippen LogP contribution in [-0.2, 0) is 9.47 Å². The van der Waals surface area contributed by atoms with Crippen LogP contribution in [0.2, 0.25) is 0 Å². The molecule has 2 unspecified atom stereocenters. The van der Waals surface area contributed by atoms with Crippen molar-refractivity contribution in [2.45, 2.75) is 57.2 Å². The molecule has 6 nitrogen and oxygen atoms in total. The summed E-state index contributed by atoms with van der Waals surface area (Å²) in [4.78, 5) is 14.2. The first kappa shape index (κ1) is 16.5. The van der Waals surface area contributed by atoms with Gasteiger partial charge in [0.05, 0.1) is 25.4 Å². The minimum absolute atomic E-state index is 0.0285. The third-order valence-electron chi connectivity index (χ3n) is 4.17. The number of aliphatic hydroxyl groups is 1. The fraction of sp³-hybridized carbons (Fsp3) is 0.933. The van der Waals surface area contributed by atoms with Gasteiger partial charge in [0.15, 0.2) is 0 Å². The average molecular weight is 300 g/mol. The van der Waals surface area contributed by atoms with Crippen LogP contribution in [0.4, 0.5) is 4.79 Å². The molecule has 0 saturated carbocycles. The van der Waals surface area contributed by atoms with Crippen molar-refractivity contribution < 1.29 is 19.4 Å². The molecule has 0 aliphatic carbocycles. The largest absolute Gasteiger partial charge is 0.444 e. The van der Waals surface area contributed by atoms with E-state index in [0.717, 1.165) is 19.4 Å². The lowest BCUT2D eigenvalue weighted by atomic mass is 9.89. The van der Waals surface area contributed by atoms with Gasteiger partial charge in [-0.05, 0) is 40.2 Å². The van der Waals surface area contributed by atoms with Crippen molar-refractivity contribution in [2.75, 3.05) is 32.9 Å². The predicted molar refractivity (Wildman–Crippen MR) is 79.2 cm³/mol. The van der Waals surface area contributed by atoms with Crippen LogP contribution < -0.4 is 5.32 Å². The van der Waals surface area contributed by atoms with Gasteiger partial charge in [0.2, 0.25) is 0 Å². The highest BCUT2D eigenvalue weighted by Crippen LogP contribution is 2.30. The topological polar surface area (TPSA) is 71.0 Å². The van der Waals surface area contributed by atoms with E-state index in [1.807, 2.05) is 20.8 Å². The van der Waals surface area contributed by atoms with Crippen molar-refractivity contribution in [3.63, 3.8) is 0 Å². The Hall–Kier alpha value is -0.850. The molecule has 0 aromatic rings. The van der Waals surface area contributed by atoms with Crippen molar-refractivity contribution in [1.82, 2.24) is 10.2 Å². The highest BCUT2D eigenvalue weighted by Gasteiger charge is 2.45. The van der Waals surface area contributed by atoms with Gasteiger partial charge in [-0.25, -0.2) is 4.79 Å². The van der Waals surface area contributed by atoms with Gasteiger partial charge in [-0.3, -0.25) is 4.90 Å². The molecule has 2 heterocycles. The summed E-state index contributed by atoms with van der Waals surface area (Å²) in [5.74, 6) is 0. The fourth-order valence-corrected chi connectivity index (χ4v) is 3.16. The molecule has 2 aliphatic rings. The summed E-state index contributed by atoms with van der Waals surface area (Å²) in [5, 5.41) is 12.7. The average Bonchev–Trinajstić information content (AvgIpc) is 2.43. The number of alkyl carbamates (subject to hydrolysis) is 1. The lowest BCUT2D eigenvalue weighted by Crippen LogP contribution is -2.68. The maximum Gasteiger partial charge on any atom is 0.407 e. The van der Waals surface area contributed by atoms with Crippen LogP contribution in [0.5, 0.6) is 0 Å². The van der Waals surface area contributed by atoms with E-state index in [-0.39, 0.29) is 6.61 Å². The smallest absolute Gasteiger partial charge is 0.407 e. The Bertz CT molecular complexity index is 367. The third kappa shape index (κ3) is 4.08. The Labute approximate surface area is 126 Å². The number of nitrogens with one attached hydrogen (secondary N) is 1. The Morgan fingerprint density at radius 3 is 2.90 bits per heavy atom. The van der Waals surface area contributed by atoms with Crippen LogP contribution >= 0.6 is 0 Å². The van der Waals surface area contributed by atoms with Crippen molar-refractivity contribution in [1.29, 1.82) is 0 Å². The highest BCUT2D eigenvalue weighted by molar-refractivity contribution is 5.67. The summed E-state index contributed by atoms with van der Waals surface area (Å²) in [6.07, 6.45) is 2.97. The molecular weight excluding hydrogens is 272 g/mol. The molecular formula is C15H28N2O4. The number of amides is 1. The number of carbonyl (C=O) groups is 1. The number of aliphatic hydroxyl groups excluding tert-OH is 1. The van der Waals surface area contributed by atoms with E-state index < -0.39 is 17.2 Å². The number of hydrogen-bond donors (Lipinski definition) is 2. The van der Waals surface area contributed by atoms with Gasteiger partial charge < -0.3 is 19.9 Å². The number of rotatable bonds is 3. The van der Waals surface area contributed by atoms with Gasteiger partial charge in [-0.2, -0.15) is 0 Å². The third-order valence-corrected chi connectivity index (χ3v) is 4.17. The quantitative estimate of drug-likeness (QED) is 0.817. The van der Waals surface area contributed by atoms with Crippen LogP contribution in [-0.4, -0.2) is 66.2 Å². The first-order chi connectivity index (χ1) is 9.86. The Kier molecular flexibility index (Phi) is 5.11. The van der Waals surface area contributed by atoms with Crippen molar-refractivity contribution in [2.24, 2.45) is 0 Å². The van der Waals surface area contributed by atoms with Gasteiger partial charge in [0, 0.05) is 12.6 Å². The molecule has 2 N–H and O–H groups in total. The Morgan fingerprint density at radius 2 is 2.24 bits per heavy atom. The number of fused-ring (bicyclic) bond motifs is 1. The van der Waals surface area contributed by atoms with Gasteiger partial charge in [0.25, 0.3) is 0 Å². The molecule has 0 spiro atoms. The SMILES string of the molecule is CC(C)(C)OC(=O)NCC1(CO)COCC2CCCCN21. The minimum atomic E-state index is -0.528. The summed E-state index contributed by atoms with van der Waals surface area (Å²) in [6, 6.07) is 0.347. The van der Waals surface area contributed by atoms with E-state index in [1.54, 1.807) is 0 Å². The first-order valence-electron chi connectivity index (χ1n) is 7.78. The van der Waals surface area contributed by atoms with Crippen LogP contribution in [0, 0.1) is 0 Å². The fourth-order valence-electron chi connectivity index (χ4n) is 3.16. The van der Waals surface area contributed by atoms with E-state index in [0.29, 0.717) is 25.8 Å². The molecule has 2 rings (SSSR count). The summed E-state index contributed by atoms with van der Waals surface area (Å²) < 4.78 is 10.9. The molecule has 122 valence electrons. The molecule has 0 aromatic heterocycles. The van der Waals surface area contributed by atoms with Crippen LogP contribution in [0.1, 0.15) is 40.0 Å². The Morgan fingerprint density at radius 1 is 1.48 bits per heavy atom. The van der Waals surface area contributed by atoms with E-state index >= 15 is 0 Å². The number of piperidine rings is 1. The zero-order chi connectivity index (χ0) is 15.5. The molecule has 2 atom stereocenters. The molecule has 2 saturated heterocycles. The van der Waals surface area contributed by atoms with Crippen LogP contribution in [0.3, 0.4) is 0 Å². The van der Waals surface area contributed by atoms with Gasteiger partial charge in [-0.1, -0.05) is 6.42 Å². The zero-order valence-corrected chi connectivity index (χ0v) is 13.4. The van der Waals surface area contributed by atoms with Gasteiger partial charge >= 0.3 is 6.09 Å². The van der Waals surface area contributed by atoms with E-state index in [4.69, 9.17) is 9.47 Å². The van der Waals surface area contributed by atoms with E-state index in [1.165, 1.54) is 6.42 Å². The minimum Gasteiger partial charge on any atom is -0.444 e. The Balaban J connectivity index is 1.98. The molecule has 2 fully saturated rings. The van der Waals surface area contributed by atoms with E-state index in [9.17, 15) is 9.90 Å². The van der Waals surface area contributed by atoms with Crippen molar-refractivity contribution in [3.05, 3.63) is 0 Å². The molecule has 2 aliphatic heterocycles. The molecule has 21 heavy (non-hydrogen) atoms. The molecule has 6 heteroatoms. The van der Waals surface area contributed by atoms with Crippen molar-refractivity contribution >= 4 is 6.09 Å². The summed E-state index contributed by atoms with van der Waals surface area (Å²) in [5.41, 5.74) is -1.05.